The summed E-state index contributed by atoms with van der Waals surface area (Å²) in [7, 11) is 5.51. The SMILES string of the molecule is C=C(c1nc(CCCNC(=O)c2cnn(CC(C)(C)O)c2)cc2c(N[C@@H]([CH-]F)CCN([CH2-])C)cccc12)C(F)(F)F.[Es]. The number of carbonyl (C=O) groups is 1. The van der Waals surface area contributed by atoms with Gasteiger partial charge in [0.1, 0.15) is 0 Å². The van der Waals surface area contributed by atoms with Crippen molar-refractivity contribution in [2.45, 2.75) is 57.5 Å². The maximum absolute atomic E-state index is 13.7. The maximum atomic E-state index is 13.7. The fraction of sp³-hybridized carbons (Fsp3) is 0.414. The number of fused-ring (bicyclic) bond motifs is 1. The minimum absolute atomic E-state index is 0. The Bertz CT molecular complexity index is 1350. The van der Waals surface area contributed by atoms with Crippen LogP contribution in [-0.2, 0) is 13.0 Å². The molecule has 1 atom stereocenters. The summed E-state index contributed by atoms with van der Waals surface area (Å²) >= 11 is 0. The van der Waals surface area contributed by atoms with Gasteiger partial charge in [0, 0.05) is 34.9 Å². The average molecular weight is 829 g/mol. The van der Waals surface area contributed by atoms with Gasteiger partial charge in [-0.25, -0.2) is 0 Å². The van der Waals surface area contributed by atoms with Gasteiger partial charge in [-0.1, -0.05) is 24.8 Å². The number of hydrogen-bond donors (Lipinski definition) is 3. The van der Waals surface area contributed by atoms with E-state index in [0.29, 0.717) is 48.4 Å². The first kappa shape index (κ1) is 33.7. The Kier molecular flexibility index (Phi) is 11.2. The molecule has 0 saturated heterocycles. The van der Waals surface area contributed by atoms with E-state index in [0.717, 1.165) is 0 Å². The number of alkyl halides is 3. The van der Waals surface area contributed by atoms with E-state index in [9.17, 15) is 27.5 Å². The summed E-state index contributed by atoms with van der Waals surface area (Å²) in [5.74, 6) is -0.363. The van der Waals surface area contributed by atoms with Crippen molar-refractivity contribution in [3.05, 3.63) is 73.9 Å². The molecule has 1 aromatic carbocycles. The second-order valence-electron chi connectivity index (χ2n) is 10.7. The number of carbonyl (C=O) groups excluding carboxylic acids is 1. The van der Waals surface area contributed by atoms with Gasteiger partial charge in [-0.05, 0) is 58.8 Å². The minimum Gasteiger partial charge on any atom is -0.462 e. The number of rotatable bonds is 14. The molecule has 3 aromatic rings. The van der Waals surface area contributed by atoms with E-state index in [1.165, 1.54) is 23.1 Å². The Morgan fingerprint density at radius 1 is 1.29 bits per heavy atom. The molecule has 2 aromatic heterocycles. The molecule has 2 heterocycles. The first-order valence-corrected chi connectivity index (χ1v) is 13.1. The molecule has 0 spiro atoms. The molecule has 0 aliphatic rings. The Morgan fingerprint density at radius 2 is 2.00 bits per heavy atom. The number of amides is 1. The summed E-state index contributed by atoms with van der Waals surface area (Å²) in [6.45, 7) is 7.97. The zero-order valence-electron chi connectivity index (χ0n) is 23.7. The van der Waals surface area contributed by atoms with Crippen molar-refractivity contribution in [1.82, 2.24) is 25.0 Å². The van der Waals surface area contributed by atoms with Crippen molar-refractivity contribution in [3.63, 3.8) is 0 Å². The van der Waals surface area contributed by atoms with E-state index in [1.807, 2.05) is 0 Å². The molecule has 13 heteroatoms. The topological polar surface area (TPSA) is 95.3 Å². The number of aliphatic hydroxyl groups is 1. The zero-order chi connectivity index (χ0) is 30.4. The van der Waals surface area contributed by atoms with Crippen LogP contribution in [0.25, 0.3) is 16.3 Å². The maximum Gasteiger partial charge on any atom is 0.417 e. The van der Waals surface area contributed by atoms with E-state index in [1.54, 1.807) is 44.0 Å². The normalized spacial score (nSPS) is 12.7. The first-order valence-electron chi connectivity index (χ1n) is 13.1. The molecule has 1 radical (unpaired) electrons. The minimum atomic E-state index is -4.69. The van der Waals surface area contributed by atoms with Gasteiger partial charge in [0.25, 0.3) is 5.91 Å². The summed E-state index contributed by atoms with van der Waals surface area (Å²) in [6, 6.07) is 5.78. The standard InChI is InChI=1S/C29H36F4N6O2.Es/c1-19(29(31,32)33)26-23-9-6-10-25(36-22(15-30)11-13-38(4)5)24(23)14-21(37-26)8-7-12-34-27(40)20-16-35-39(17-20)18-28(2,3)41;/h6,9-10,14-17,22,36,41H,1,4,7-8,11-13,18H2,2-3,5H3,(H,34,40);/q-2;/t22-;/m1./s1. The Hall–Kier alpha value is -4.51. The molecule has 0 aliphatic heterocycles. The second kappa shape index (κ2) is 13.9. The molecule has 235 valence electrons. The number of aromatic nitrogens is 3. The van der Waals surface area contributed by atoms with Gasteiger partial charge in [-0.3, -0.25) is 21.5 Å². The van der Waals surface area contributed by atoms with Crippen molar-refractivity contribution in [2.75, 3.05) is 25.5 Å². The van der Waals surface area contributed by atoms with Gasteiger partial charge in [0.15, 0.2) is 0 Å². The monoisotopic (exact) mass is 828 g/mol. The molecule has 3 N–H and O–H groups in total. The fourth-order valence-corrected chi connectivity index (χ4v) is 4.21. The van der Waals surface area contributed by atoms with Crippen LogP contribution in [0.2, 0.25) is 0 Å². The number of nitrogens with one attached hydrogen (secondary N) is 2. The molecule has 0 saturated carbocycles. The van der Waals surface area contributed by atoms with Crippen molar-refractivity contribution < 1.29 is 27.5 Å². The summed E-state index contributed by atoms with van der Waals surface area (Å²) in [5.41, 5.74) is -1.21. The van der Waals surface area contributed by atoms with E-state index < -0.39 is 23.4 Å². The van der Waals surface area contributed by atoms with Gasteiger partial charge in [-0.15, -0.1) is 6.67 Å². The number of aryl methyl sites for hydroxylation is 1. The smallest absolute Gasteiger partial charge is 0.417 e. The Labute approximate surface area is 237 Å². The summed E-state index contributed by atoms with van der Waals surface area (Å²) in [5, 5.41) is 20.5. The van der Waals surface area contributed by atoms with Crippen LogP contribution >= 0.6 is 0 Å². The fourth-order valence-electron chi connectivity index (χ4n) is 4.21. The second-order valence-corrected chi connectivity index (χ2v) is 10.7. The van der Waals surface area contributed by atoms with Crippen molar-refractivity contribution in [1.29, 1.82) is 0 Å². The van der Waals surface area contributed by atoms with E-state index >= 15 is 0 Å². The van der Waals surface area contributed by atoms with Crippen LogP contribution in [0.15, 0.2) is 43.2 Å². The largest absolute Gasteiger partial charge is 0.462 e. The van der Waals surface area contributed by atoms with Crippen LogP contribution in [0.4, 0.5) is 23.2 Å². The third-order valence-corrected chi connectivity index (χ3v) is 6.21. The van der Waals surface area contributed by atoms with Crippen LogP contribution in [0.5, 0.6) is 0 Å². The quantitative estimate of drug-likeness (QED) is 0.118. The number of anilines is 1. The molecule has 0 unspecified atom stereocenters. The van der Waals surface area contributed by atoms with Crippen LogP contribution in [0.1, 0.15) is 48.4 Å². The molecule has 8 nitrogen and oxygen atoms in total. The van der Waals surface area contributed by atoms with Crippen molar-refractivity contribution >= 4 is 27.9 Å². The van der Waals surface area contributed by atoms with Crippen molar-refractivity contribution in [2.24, 2.45) is 0 Å². The Morgan fingerprint density at radius 3 is 2.62 bits per heavy atom. The number of pyridine rings is 1. The number of nitrogens with zero attached hydrogens (tertiary/aromatic N) is 4. The number of benzene rings is 1. The van der Waals surface area contributed by atoms with Crippen LogP contribution in [0.3, 0.4) is 0 Å². The first-order chi connectivity index (χ1) is 19.2. The number of halogens is 4. The summed E-state index contributed by atoms with van der Waals surface area (Å²) in [4.78, 5) is 18.5. The van der Waals surface area contributed by atoms with Gasteiger partial charge in [-0.2, -0.15) is 18.3 Å². The van der Waals surface area contributed by atoms with Gasteiger partial charge in [0.2, 0.25) is 0 Å². The predicted octanol–water partition coefficient (Wildman–Crippen LogP) is 5.17. The third kappa shape index (κ3) is 9.27. The van der Waals surface area contributed by atoms with E-state index in [-0.39, 0.29) is 36.5 Å². The van der Waals surface area contributed by atoms with E-state index in [4.69, 9.17) is 0 Å². The molecular weight excluding hydrogens is 792 g/mol. The van der Waals surface area contributed by atoms with Crippen LogP contribution in [0, 0.1) is 13.7 Å². The average Bonchev–Trinajstić information content (AvgIpc) is 3.34. The molecule has 1 amide bonds. The van der Waals surface area contributed by atoms with E-state index in [2.05, 4.69) is 34.3 Å². The number of allylic oxidation sites excluding steroid dienone is 1. The Balaban J connectivity index is 0.00000616. The molecule has 3 rings (SSSR count). The van der Waals surface area contributed by atoms with Gasteiger partial charge >= 0.3 is 6.18 Å². The molecule has 0 fully saturated rings. The number of hydrogen-bond acceptors (Lipinski definition) is 6. The molecule has 42 heavy (non-hydrogen) atoms. The molecule has 0 bridgehead atoms. The molecular formula is C29H36EsF4N6O2-2. The van der Waals surface area contributed by atoms with Gasteiger partial charge < -0.3 is 25.0 Å². The van der Waals surface area contributed by atoms with Gasteiger partial charge in [0.05, 0.1) is 35.2 Å². The summed E-state index contributed by atoms with van der Waals surface area (Å²) in [6.07, 6.45) is -0.716. The summed E-state index contributed by atoms with van der Waals surface area (Å²) < 4.78 is 56.2. The van der Waals surface area contributed by atoms with Crippen molar-refractivity contribution in [3.8, 4) is 0 Å². The van der Waals surface area contributed by atoms with Crippen LogP contribution in [-0.4, -0.2) is 68.6 Å². The third-order valence-electron chi connectivity index (χ3n) is 6.21. The van der Waals surface area contributed by atoms with Crippen LogP contribution < -0.4 is 10.6 Å². The predicted molar refractivity (Wildman–Crippen MR) is 151 cm³/mol. The zero-order valence-corrected chi connectivity index (χ0v) is 26.2. The molecule has 0 aliphatic carbocycles.